The number of carbonyl (C=O) groups is 1. The highest BCUT2D eigenvalue weighted by Crippen LogP contribution is 2.10. The number of hydrogen-bond donors (Lipinski definition) is 1. The lowest BCUT2D eigenvalue weighted by Gasteiger charge is -2.08. The summed E-state index contributed by atoms with van der Waals surface area (Å²) in [6.45, 7) is 1.83. The number of halogens is 2. The lowest BCUT2D eigenvalue weighted by molar-refractivity contribution is 0.0955. The fourth-order valence-electron chi connectivity index (χ4n) is 0.995. The first-order valence-electron chi connectivity index (χ1n) is 4.12. The predicted molar refractivity (Wildman–Crippen MR) is 61.6 cm³/mol. The molecule has 4 heteroatoms. The molecule has 2 nitrogen and oxygen atoms in total. The summed E-state index contributed by atoms with van der Waals surface area (Å²) in [4.78, 5) is 11.6. The third-order valence-electron chi connectivity index (χ3n) is 1.96. The van der Waals surface area contributed by atoms with Gasteiger partial charge in [0.25, 0.3) is 0 Å². The highest BCUT2D eigenvalue weighted by molar-refractivity contribution is 6.30. The summed E-state index contributed by atoms with van der Waals surface area (Å²) in [5.74, 6) is 0.0826. The van der Waals surface area contributed by atoms with Gasteiger partial charge in [-0.1, -0.05) is 11.6 Å². The summed E-state index contributed by atoms with van der Waals surface area (Å²) in [6, 6.07) is 6.76. The van der Waals surface area contributed by atoms with E-state index in [2.05, 4.69) is 5.32 Å². The van der Waals surface area contributed by atoms with Crippen LogP contribution < -0.4 is 5.32 Å². The normalized spacial score (nSPS) is 11.6. The van der Waals surface area contributed by atoms with E-state index in [1.807, 2.05) is 6.92 Å². The first-order chi connectivity index (χ1) is 6.15. The van der Waals surface area contributed by atoms with Gasteiger partial charge in [0, 0.05) is 10.6 Å². The average Bonchev–Trinajstić information content (AvgIpc) is 2.17. The van der Waals surface area contributed by atoms with Crippen molar-refractivity contribution in [2.45, 2.75) is 13.0 Å². The molecule has 0 saturated carbocycles. The molecular weight excluding hydrogens is 221 g/mol. The first kappa shape index (κ1) is 13.4. The zero-order chi connectivity index (χ0) is 9.84. The van der Waals surface area contributed by atoms with Crippen LogP contribution in [-0.4, -0.2) is 18.9 Å². The molecule has 0 heterocycles. The van der Waals surface area contributed by atoms with Crippen LogP contribution in [0.15, 0.2) is 24.3 Å². The lowest BCUT2D eigenvalue weighted by atomic mass is 10.1. The van der Waals surface area contributed by atoms with E-state index in [4.69, 9.17) is 11.6 Å². The topological polar surface area (TPSA) is 29.1 Å². The smallest absolute Gasteiger partial charge is 0.179 e. The van der Waals surface area contributed by atoms with Gasteiger partial charge in [0.1, 0.15) is 0 Å². The Morgan fingerprint density at radius 2 is 1.86 bits per heavy atom. The lowest BCUT2D eigenvalue weighted by Crippen LogP contribution is -2.30. The van der Waals surface area contributed by atoms with Crippen molar-refractivity contribution in [3.63, 3.8) is 0 Å². The third-order valence-corrected chi connectivity index (χ3v) is 2.21. The predicted octanol–water partition coefficient (Wildman–Crippen LogP) is 2.55. The summed E-state index contributed by atoms with van der Waals surface area (Å²) < 4.78 is 0. The number of likely N-dealkylation sites (N-methyl/N-ethyl adjacent to an activating group) is 1. The van der Waals surface area contributed by atoms with Gasteiger partial charge in [-0.3, -0.25) is 4.79 Å². The zero-order valence-corrected chi connectivity index (χ0v) is 9.65. The van der Waals surface area contributed by atoms with Gasteiger partial charge in [-0.2, -0.15) is 0 Å². The molecule has 1 aromatic rings. The van der Waals surface area contributed by atoms with E-state index in [9.17, 15) is 4.79 Å². The van der Waals surface area contributed by atoms with E-state index in [1.165, 1.54) is 0 Å². The monoisotopic (exact) mass is 233 g/mol. The molecule has 0 aliphatic rings. The number of ketones is 1. The Balaban J connectivity index is 0.00000169. The maximum atomic E-state index is 11.6. The van der Waals surface area contributed by atoms with Gasteiger partial charge in [-0.25, -0.2) is 0 Å². The van der Waals surface area contributed by atoms with Crippen molar-refractivity contribution in [2.75, 3.05) is 7.05 Å². The van der Waals surface area contributed by atoms with Gasteiger partial charge >= 0.3 is 0 Å². The maximum Gasteiger partial charge on any atom is 0.179 e. The highest BCUT2D eigenvalue weighted by Gasteiger charge is 2.11. The molecule has 1 N–H and O–H groups in total. The number of Topliss-reactive ketones (excluding diaryl/α,β-unsaturated/α-hetero) is 1. The second-order valence-electron chi connectivity index (χ2n) is 2.88. The van der Waals surface area contributed by atoms with Gasteiger partial charge in [0.15, 0.2) is 5.78 Å². The average molecular weight is 234 g/mol. The zero-order valence-electron chi connectivity index (χ0n) is 8.08. The SMILES string of the molecule is CNC(C)C(=O)c1ccc(Cl)cc1.Cl. The summed E-state index contributed by atoms with van der Waals surface area (Å²) in [5.41, 5.74) is 0.686. The fraction of sp³-hybridized carbons (Fsp3) is 0.300. The molecule has 1 unspecified atom stereocenters. The quantitative estimate of drug-likeness (QED) is 0.814. The van der Waals surface area contributed by atoms with Crippen molar-refractivity contribution < 1.29 is 4.79 Å². The van der Waals surface area contributed by atoms with Crippen molar-refractivity contribution in [2.24, 2.45) is 0 Å². The molecule has 0 aliphatic carbocycles. The van der Waals surface area contributed by atoms with Gasteiger partial charge in [0.2, 0.25) is 0 Å². The Morgan fingerprint density at radius 1 is 1.36 bits per heavy atom. The van der Waals surface area contributed by atoms with Crippen LogP contribution >= 0.6 is 24.0 Å². The van der Waals surface area contributed by atoms with E-state index in [-0.39, 0.29) is 24.2 Å². The van der Waals surface area contributed by atoms with Crippen LogP contribution in [0.4, 0.5) is 0 Å². The van der Waals surface area contributed by atoms with Crippen LogP contribution in [0.25, 0.3) is 0 Å². The van der Waals surface area contributed by atoms with Crippen LogP contribution in [0.5, 0.6) is 0 Å². The van der Waals surface area contributed by atoms with Crippen LogP contribution in [-0.2, 0) is 0 Å². The molecule has 1 atom stereocenters. The van der Waals surface area contributed by atoms with E-state index < -0.39 is 0 Å². The molecule has 0 aromatic heterocycles. The minimum atomic E-state index is -0.152. The summed E-state index contributed by atoms with van der Waals surface area (Å²) >= 11 is 5.70. The van der Waals surface area contributed by atoms with E-state index in [1.54, 1.807) is 31.3 Å². The number of carbonyl (C=O) groups excluding carboxylic acids is 1. The minimum absolute atomic E-state index is 0. The van der Waals surface area contributed by atoms with Gasteiger partial charge in [0.05, 0.1) is 6.04 Å². The van der Waals surface area contributed by atoms with Gasteiger partial charge in [-0.05, 0) is 38.2 Å². The van der Waals surface area contributed by atoms with E-state index >= 15 is 0 Å². The Kier molecular flexibility index (Phi) is 5.77. The highest BCUT2D eigenvalue weighted by atomic mass is 35.5. The number of hydrogen-bond acceptors (Lipinski definition) is 2. The second kappa shape index (κ2) is 6.02. The Bertz CT molecular complexity index is 297. The summed E-state index contributed by atoms with van der Waals surface area (Å²) in [7, 11) is 1.76. The van der Waals surface area contributed by atoms with Crippen molar-refractivity contribution in [1.29, 1.82) is 0 Å². The van der Waals surface area contributed by atoms with Gasteiger partial charge < -0.3 is 5.32 Å². The van der Waals surface area contributed by atoms with E-state index in [0.717, 1.165) is 0 Å². The summed E-state index contributed by atoms with van der Waals surface area (Å²) in [6.07, 6.45) is 0. The van der Waals surface area contributed by atoms with Crippen molar-refractivity contribution >= 4 is 29.8 Å². The standard InChI is InChI=1S/C10H12ClNO.ClH/c1-7(12-2)10(13)8-3-5-9(11)6-4-8;/h3-7,12H,1-2H3;1H. The molecule has 78 valence electrons. The largest absolute Gasteiger partial charge is 0.310 e. The summed E-state index contributed by atoms with van der Waals surface area (Å²) in [5, 5.41) is 3.54. The molecule has 0 spiro atoms. The number of rotatable bonds is 3. The molecule has 14 heavy (non-hydrogen) atoms. The van der Waals surface area contributed by atoms with Crippen LogP contribution in [0, 0.1) is 0 Å². The molecule has 0 bridgehead atoms. The van der Waals surface area contributed by atoms with Crippen LogP contribution in [0.1, 0.15) is 17.3 Å². The fourth-order valence-corrected chi connectivity index (χ4v) is 1.12. The Morgan fingerprint density at radius 3 is 2.29 bits per heavy atom. The van der Waals surface area contributed by atoms with E-state index in [0.29, 0.717) is 10.6 Å². The van der Waals surface area contributed by atoms with Crippen molar-refractivity contribution in [1.82, 2.24) is 5.32 Å². The van der Waals surface area contributed by atoms with Gasteiger partial charge in [-0.15, -0.1) is 12.4 Å². The molecule has 0 saturated heterocycles. The molecule has 1 aromatic carbocycles. The van der Waals surface area contributed by atoms with Crippen molar-refractivity contribution in [3.05, 3.63) is 34.9 Å². The van der Waals surface area contributed by atoms with Crippen LogP contribution in [0.3, 0.4) is 0 Å². The third kappa shape index (κ3) is 3.29. The molecule has 0 amide bonds. The number of benzene rings is 1. The molecule has 0 radical (unpaired) electrons. The molecule has 0 aliphatic heterocycles. The van der Waals surface area contributed by atoms with Crippen molar-refractivity contribution in [3.8, 4) is 0 Å². The van der Waals surface area contributed by atoms with Crippen LogP contribution in [0.2, 0.25) is 5.02 Å². The molecular formula is C10H13Cl2NO. The molecule has 0 fully saturated rings. The molecule has 1 rings (SSSR count). The Labute approximate surface area is 95.1 Å². The number of nitrogens with one attached hydrogen (secondary N) is 1. The first-order valence-corrected chi connectivity index (χ1v) is 4.50. The Hall–Kier alpha value is -0.570. The second-order valence-corrected chi connectivity index (χ2v) is 3.32. The maximum absolute atomic E-state index is 11.6. The minimum Gasteiger partial charge on any atom is -0.310 e.